The fraction of sp³-hybridized carbons (Fsp3) is 0.750. The molecule has 1 heterocycles. The van der Waals surface area contributed by atoms with Crippen molar-refractivity contribution in [2.24, 2.45) is 0 Å². The zero-order valence-corrected chi connectivity index (χ0v) is 14.0. The molecule has 1 aromatic heterocycles. The van der Waals surface area contributed by atoms with Crippen molar-refractivity contribution in [3.05, 3.63) is 18.2 Å². The van der Waals surface area contributed by atoms with Crippen LogP contribution in [0.3, 0.4) is 0 Å². The lowest BCUT2D eigenvalue weighted by Gasteiger charge is -2.29. The van der Waals surface area contributed by atoms with Crippen molar-refractivity contribution in [3.63, 3.8) is 0 Å². The van der Waals surface area contributed by atoms with Crippen molar-refractivity contribution in [2.75, 3.05) is 13.2 Å². The van der Waals surface area contributed by atoms with E-state index in [1.54, 1.807) is 0 Å². The summed E-state index contributed by atoms with van der Waals surface area (Å²) < 4.78 is 7.35. The van der Waals surface area contributed by atoms with Gasteiger partial charge in [0.1, 0.15) is 11.4 Å². The number of aryl methyl sites for hydroxylation is 1. The molecule has 0 fully saturated rings. The van der Waals surface area contributed by atoms with E-state index < -0.39 is 5.54 Å². The van der Waals surface area contributed by atoms with Crippen LogP contribution in [0.25, 0.3) is 0 Å². The maximum atomic E-state index is 12.2. The molecule has 120 valence electrons. The number of carbonyl (C=O) groups is 1. The highest BCUT2D eigenvalue weighted by Crippen LogP contribution is 2.17. The Labute approximate surface area is 128 Å². The van der Waals surface area contributed by atoms with E-state index in [1.165, 1.54) is 0 Å². The number of rotatable bonds is 9. The zero-order chi connectivity index (χ0) is 15.9. The van der Waals surface area contributed by atoms with Gasteiger partial charge in [-0.2, -0.15) is 0 Å². The molecular weight excluding hydrogens is 266 g/mol. The summed E-state index contributed by atoms with van der Waals surface area (Å²) in [5.74, 6) is 1.25. The molecule has 21 heavy (non-hydrogen) atoms. The Bertz CT molecular complexity index is 442. The van der Waals surface area contributed by atoms with Gasteiger partial charge in [0.05, 0.1) is 6.61 Å². The van der Waals surface area contributed by atoms with Gasteiger partial charge in [-0.05, 0) is 33.2 Å². The molecule has 0 saturated carbocycles. The molecular formula is C16H29N3O2. The summed E-state index contributed by atoms with van der Waals surface area (Å²) in [6.45, 7) is 12.1. The predicted molar refractivity (Wildman–Crippen MR) is 84.3 cm³/mol. The third kappa shape index (κ3) is 4.84. The van der Waals surface area contributed by atoms with E-state index in [9.17, 15) is 4.79 Å². The van der Waals surface area contributed by atoms with Crippen LogP contribution in [0.1, 0.15) is 59.2 Å². The number of nitrogens with one attached hydrogen (secondary N) is 1. The predicted octanol–water partition coefficient (Wildman–Crippen LogP) is 2.72. The van der Waals surface area contributed by atoms with E-state index in [1.807, 2.05) is 26.2 Å². The van der Waals surface area contributed by atoms with Gasteiger partial charge < -0.3 is 14.6 Å². The number of carbonyl (C=O) groups excluding carboxylic acids is 1. The van der Waals surface area contributed by atoms with Crippen LogP contribution in [-0.2, 0) is 16.1 Å². The van der Waals surface area contributed by atoms with E-state index in [-0.39, 0.29) is 5.97 Å². The summed E-state index contributed by atoms with van der Waals surface area (Å²) in [4.78, 5) is 16.6. The minimum Gasteiger partial charge on any atom is -0.465 e. The molecule has 1 unspecified atom stereocenters. The van der Waals surface area contributed by atoms with Crippen molar-refractivity contribution >= 4 is 5.97 Å². The molecule has 0 aliphatic carbocycles. The van der Waals surface area contributed by atoms with E-state index in [4.69, 9.17) is 4.74 Å². The molecule has 1 atom stereocenters. The summed E-state index contributed by atoms with van der Waals surface area (Å²) in [7, 11) is 0. The molecule has 0 aliphatic rings. The molecule has 1 aromatic rings. The smallest absolute Gasteiger partial charge is 0.326 e. The number of imidazole rings is 1. The van der Waals surface area contributed by atoms with E-state index in [0.717, 1.165) is 25.3 Å². The molecule has 0 aromatic carbocycles. The molecule has 0 saturated heterocycles. The van der Waals surface area contributed by atoms with Gasteiger partial charge in [0, 0.05) is 24.9 Å². The van der Waals surface area contributed by atoms with Gasteiger partial charge in [-0.1, -0.05) is 20.8 Å². The van der Waals surface area contributed by atoms with E-state index in [0.29, 0.717) is 18.9 Å². The molecule has 0 spiro atoms. The van der Waals surface area contributed by atoms with Gasteiger partial charge in [-0.15, -0.1) is 0 Å². The first-order valence-corrected chi connectivity index (χ1v) is 7.87. The van der Waals surface area contributed by atoms with Crippen LogP contribution in [0.4, 0.5) is 0 Å². The largest absolute Gasteiger partial charge is 0.465 e. The SMILES string of the molecule is CCCNC(C)(CCn1ccnc1C(C)C)C(=O)OCC. The van der Waals surface area contributed by atoms with Crippen molar-refractivity contribution in [1.82, 2.24) is 14.9 Å². The van der Waals surface area contributed by atoms with E-state index >= 15 is 0 Å². The van der Waals surface area contributed by atoms with Crippen LogP contribution in [-0.4, -0.2) is 34.2 Å². The Kier molecular flexibility index (Phi) is 6.89. The van der Waals surface area contributed by atoms with Crippen LogP contribution in [0.2, 0.25) is 0 Å². The van der Waals surface area contributed by atoms with Gasteiger partial charge in [0.2, 0.25) is 0 Å². The number of nitrogens with zero attached hydrogens (tertiary/aromatic N) is 2. The topological polar surface area (TPSA) is 56.2 Å². The van der Waals surface area contributed by atoms with E-state index in [2.05, 4.69) is 35.6 Å². The van der Waals surface area contributed by atoms with Gasteiger partial charge in [-0.3, -0.25) is 4.79 Å². The monoisotopic (exact) mass is 295 g/mol. The first kappa shape index (κ1) is 17.7. The quantitative estimate of drug-likeness (QED) is 0.712. The Hall–Kier alpha value is -1.36. The molecule has 0 bridgehead atoms. The zero-order valence-electron chi connectivity index (χ0n) is 14.0. The Morgan fingerprint density at radius 3 is 2.76 bits per heavy atom. The second-order valence-electron chi connectivity index (χ2n) is 5.86. The fourth-order valence-corrected chi connectivity index (χ4v) is 2.31. The summed E-state index contributed by atoms with van der Waals surface area (Å²) in [5.41, 5.74) is -0.648. The maximum Gasteiger partial charge on any atom is 0.326 e. The highest BCUT2D eigenvalue weighted by Gasteiger charge is 2.33. The fourth-order valence-electron chi connectivity index (χ4n) is 2.31. The number of ether oxygens (including phenoxy) is 1. The minimum atomic E-state index is -0.648. The average Bonchev–Trinajstić information content (AvgIpc) is 2.92. The third-order valence-corrected chi connectivity index (χ3v) is 3.61. The van der Waals surface area contributed by atoms with Crippen LogP contribution in [0.5, 0.6) is 0 Å². The van der Waals surface area contributed by atoms with Gasteiger partial charge in [0.25, 0.3) is 0 Å². The van der Waals surface area contributed by atoms with Gasteiger partial charge >= 0.3 is 5.97 Å². The highest BCUT2D eigenvalue weighted by molar-refractivity contribution is 5.80. The first-order valence-electron chi connectivity index (χ1n) is 7.87. The second kappa shape index (κ2) is 8.17. The molecule has 5 nitrogen and oxygen atoms in total. The van der Waals surface area contributed by atoms with Crippen molar-refractivity contribution in [3.8, 4) is 0 Å². The molecule has 1 rings (SSSR count). The van der Waals surface area contributed by atoms with Crippen LogP contribution in [0, 0.1) is 0 Å². The molecule has 0 radical (unpaired) electrons. The lowest BCUT2D eigenvalue weighted by molar-refractivity contribution is -0.151. The van der Waals surface area contributed by atoms with Crippen molar-refractivity contribution in [2.45, 2.75) is 65.5 Å². The summed E-state index contributed by atoms with van der Waals surface area (Å²) in [6.07, 6.45) is 5.45. The van der Waals surface area contributed by atoms with Crippen LogP contribution >= 0.6 is 0 Å². The molecule has 1 N–H and O–H groups in total. The van der Waals surface area contributed by atoms with Crippen molar-refractivity contribution in [1.29, 1.82) is 0 Å². The third-order valence-electron chi connectivity index (χ3n) is 3.61. The molecule has 0 amide bonds. The molecule has 5 heteroatoms. The van der Waals surface area contributed by atoms with Crippen molar-refractivity contribution < 1.29 is 9.53 Å². The standard InChI is InChI=1S/C16H29N3O2/c1-6-9-18-16(5,15(20)21-7-2)8-11-19-12-10-17-14(19)13(3)4/h10,12-13,18H,6-9,11H2,1-5H3. The number of aromatic nitrogens is 2. The highest BCUT2D eigenvalue weighted by atomic mass is 16.5. The van der Waals surface area contributed by atoms with Gasteiger partial charge in [-0.25, -0.2) is 4.98 Å². The number of esters is 1. The summed E-state index contributed by atoms with van der Waals surface area (Å²) >= 11 is 0. The number of hydrogen-bond acceptors (Lipinski definition) is 4. The first-order chi connectivity index (χ1) is 9.94. The number of hydrogen-bond donors (Lipinski definition) is 1. The summed E-state index contributed by atoms with van der Waals surface area (Å²) in [6, 6.07) is 0. The Morgan fingerprint density at radius 1 is 1.48 bits per heavy atom. The minimum absolute atomic E-state index is 0.176. The second-order valence-corrected chi connectivity index (χ2v) is 5.86. The molecule has 0 aliphatic heterocycles. The van der Waals surface area contributed by atoms with Gasteiger partial charge in [0.15, 0.2) is 0 Å². The Morgan fingerprint density at radius 2 is 2.19 bits per heavy atom. The average molecular weight is 295 g/mol. The summed E-state index contributed by atoms with van der Waals surface area (Å²) in [5, 5.41) is 3.33. The normalized spacial score (nSPS) is 14.2. The maximum absolute atomic E-state index is 12.2. The Balaban J connectivity index is 2.76. The van der Waals surface area contributed by atoms with Crippen LogP contribution < -0.4 is 5.32 Å². The van der Waals surface area contributed by atoms with Crippen LogP contribution in [0.15, 0.2) is 12.4 Å². The lowest BCUT2D eigenvalue weighted by Crippen LogP contribution is -2.51. The lowest BCUT2D eigenvalue weighted by atomic mass is 9.97.